The zero-order valence-corrected chi connectivity index (χ0v) is 15.5. The van der Waals surface area contributed by atoms with E-state index in [0.717, 1.165) is 42.6 Å². The van der Waals surface area contributed by atoms with Gasteiger partial charge in [0.15, 0.2) is 0 Å². The monoisotopic (exact) mass is 383 g/mol. The second kappa shape index (κ2) is 8.06. The molecule has 1 aliphatic rings. The predicted molar refractivity (Wildman–Crippen MR) is 105 cm³/mol. The summed E-state index contributed by atoms with van der Waals surface area (Å²) in [6.07, 6.45) is 7.46. The van der Waals surface area contributed by atoms with Gasteiger partial charge in [-0.25, -0.2) is 18.1 Å². The summed E-state index contributed by atoms with van der Waals surface area (Å²) < 4.78 is 31.1. The van der Waals surface area contributed by atoms with Crippen molar-refractivity contribution >= 4 is 17.7 Å². The van der Waals surface area contributed by atoms with E-state index >= 15 is 0 Å². The Bertz CT molecular complexity index is 872. The molecular formula is C21H19F2N3S. The van der Waals surface area contributed by atoms with Crippen LogP contribution in [0, 0.1) is 11.6 Å². The summed E-state index contributed by atoms with van der Waals surface area (Å²) in [4.78, 5) is 4.09. The molecule has 3 nitrogen and oxygen atoms in total. The van der Waals surface area contributed by atoms with Crippen LogP contribution in [0.25, 0.3) is 5.57 Å². The third-order valence-electron chi connectivity index (χ3n) is 4.56. The van der Waals surface area contributed by atoms with Crippen molar-refractivity contribution in [3.63, 3.8) is 0 Å². The fourth-order valence-electron chi connectivity index (χ4n) is 3.35. The van der Waals surface area contributed by atoms with E-state index in [1.54, 1.807) is 48.9 Å². The Morgan fingerprint density at radius 1 is 0.926 bits per heavy atom. The fourth-order valence-corrected chi connectivity index (χ4v) is 4.25. The van der Waals surface area contributed by atoms with E-state index in [1.165, 1.54) is 29.8 Å². The first-order valence-electron chi connectivity index (χ1n) is 8.84. The average Bonchev–Trinajstić information content (AvgIpc) is 3.18. The zero-order valence-electron chi connectivity index (χ0n) is 14.7. The van der Waals surface area contributed by atoms with Gasteiger partial charge in [0.1, 0.15) is 18.0 Å². The average molecular weight is 383 g/mol. The highest BCUT2D eigenvalue weighted by Crippen LogP contribution is 2.33. The highest BCUT2D eigenvalue weighted by Gasteiger charge is 2.20. The van der Waals surface area contributed by atoms with Gasteiger partial charge in [-0.05, 0) is 59.4 Å². The molecule has 1 aliphatic heterocycles. The number of hydrogen-bond donors (Lipinski definition) is 0. The number of imidazole rings is 1. The number of halogens is 2. The van der Waals surface area contributed by atoms with Crippen LogP contribution in [-0.2, 0) is 0 Å². The van der Waals surface area contributed by atoms with Gasteiger partial charge in [-0.2, -0.15) is 0 Å². The van der Waals surface area contributed by atoms with Crippen molar-refractivity contribution in [2.45, 2.75) is 12.8 Å². The Kier molecular flexibility index (Phi) is 5.36. The molecule has 6 heteroatoms. The lowest BCUT2D eigenvalue weighted by Gasteiger charge is -2.29. The number of piperidine rings is 1. The first-order valence-corrected chi connectivity index (χ1v) is 9.57. The summed E-state index contributed by atoms with van der Waals surface area (Å²) in [5.41, 5.74) is 4.23. The minimum atomic E-state index is -0.261. The minimum Gasteiger partial charge on any atom is -0.267 e. The van der Waals surface area contributed by atoms with Gasteiger partial charge >= 0.3 is 0 Å². The topological polar surface area (TPSA) is 21.1 Å². The normalized spacial score (nSPS) is 15.1. The summed E-state index contributed by atoms with van der Waals surface area (Å²) in [6.45, 7) is 1.76. The predicted octanol–water partition coefficient (Wildman–Crippen LogP) is 5.17. The number of benzene rings is 2. The third kappa shape index (κ3) is 4.28. The molecule has 0 bridgehead atoms. The first-order chi connectivity index (χ1) is 13.2. The van der Waals surface area contributed by atoms with E-state index in [-0.39, 0.29) is 11.6 Å². The van der Waals surface area contributed by atoms with Crippen molar-refractivity contribution in [2.75, 3.05) is 13.1 Å². The third-order valence-corrected chi connectivity index (χ3v) is 5.51. The van der Waals surface area contributed by atoms with Crippen LogP contribution in [0.15, 0.2) is 72.8 Å². The van der Waals surface area contributed by atoms with Gasteiger partial charge in [-0.1, -0.05) is 24.3 Å². The Hall–Kier alpha value is -2.44. The molecular weight excluding hydrogens is 364 g/mol. The van der Waals surface area contributed by atoms with E-state index in [9.17, 15) is 8.78 Å². The summed E-state index contributed by atoms with van der Waals surface area (Å²) in [6, 6.07) is 13.1. The molecule has 27 heavy (non-hydrogen) atoms. The molecule has 1 aromatic heterocycles. The number of hydrogen-bond acceptors (Lipinski definition) is 3. The van der Waals surface area contributed by atoms with Crippen LogP contribution in [-0.4, -0.2) is 26.4 Å². The Morgan fingerprint density at radius 3 is 2.11 bits per heavy atom. The second-order valence-electron chi connectivity index (χ2n) is 6.46. The highest BCUT2D eigenvalue weighted by molar-refractivity contribution is 7.95. The SMILES string of the molecule is Fc1ccc(C(=C2CCCN(Sn3ccnc3)C2)c2ccc(F)cc2)cc1. The van der Waals surface area contributed by atoms with Crippen molar-refractivity contribution < 1.29 is 8.78 Å². The fraction of sp³-hybridized carbons (Fsp3) is 0.190. The van der Waals surface area contributed by atoms with Gasteiger partial charge in [0.25, 0.3) is 0 Å². The van der Waals surface area contributed by atoms with Gasteiger partial charge in [-0.3, -0.25) is 3.97 Å². The number of aromatic nitrogens is 2. The first kappa shape index (κ1) is 17.9. The Morgan fingerprint density at radius 2 is 1.56 bits per heavy atom. The van der Waals surface area contributed by atoms with E-state index in [4.69, 9.17) is 0 Å². The second-order valence-corrected chi connectivity index (χ2v) is 7.56. The maximum atomic E-state index is 13.4. The zero-order chi connectivity index (χ0) is 18.6. The van der Waals surface area contributed by atoms with E-state index in [0.29, 0.717) is 0 Å². The lowest BCUT2D eigenvalue weighted by molar-refractivity contribution is 0.442. The highest BCUT2D eigenvalue weighted by atomic mass is 32.2. The number of rotatable bonds is 4. The van der Waals surface area contributed by atoms with E-state index in [2.05, 4.69) is 9.29 Å². The van der Waals surface area contributed by atoms with E-state index in [1.807, 2.05) is 10.2 Å². The van der Waals surface area contributed by atoms with Crippen LogP contribution in [0.2, 0.25) is 0 Å². The molecule has 2 aromatic carbocycles. The van der Waals surface area contributed by atoms with Crippen LogP contribution in [0.5, 0.6) is 0 Å². The Balaban J connectivity index is 1.71. The number of nitrogens with zero attached hydrogens (tertiary/aromatic N) is 3. The molecule has 0 spiro atoms. The van der Waals surface area contributed by atoms with E-state index < -0.39 is 0 Å². The molecule has 4 rings (SSSR count). The maximum Gasteiger partial charge on any atom is 0.123 e. The lowest BCUT2D eigenvalue weighted by atomic mass is 9.89. The molecule has 0 amide bonds. The summed E-state index contributed by atoms with van der Waals surface area (Å²) >= 11 is 1.62. The molecule has 0 unspecified atom stereocenters. The van der Waals surface area contributed by atoms with Gasteiger partial charge in [0.05, 0.1) is 0 Å². The summed E-state index contributed by atoms with van der Waals surface area (Å²) in [7, 11) is 0. The van der Waals surface area contributed by atoms with Crippen molar-refractivity contribution in [1.82, 2.24) is 13.3 Å². The molecule has 1 saturated heterocycles. The van der Waals surface area contributed by atoms with Gasteiger partial charge < -0.3 is 0 Å². The molecule has 138 valence electrons. The minimum absolute atomic E-state index is 0.261. The molecule has 3 aromatic rings. The van der Waals surface area contributed by atoms with Gasteiger partial charge in [-0.15, -0.1) is 0 Å². The van der Waals surface area contributed by atoms with Crippen molar-refractivity contribution in [2.24, 2.45) is 0 Å². The summed E-state index contributed by atoms with van der Waals surface area (Å²) in [5.74, 6) is -0.522. The largest absolute Gasteiger partial charge is 0.267 e. The molecule has 0 radical (unpaired) electrons. The van der Waals surface area contributed by atoms with Crippen LogP contribution >= 0.6 is 12.1 Å². The van der Waals surface area contributed by atoms with Crippen LogP contribution in [0.4, 0.5) is 8.78 Å². The van der Waals surface area contributed by atoms with Crippen LogP contribution in [0.3, 0.4) is 0 Å². The molecule has 0 N–H and O–H groups in total. The molecule has 1 fully saturated rings. The quantitative estimate of drug-likeness (QED) is 0.580. The standard InChI is InChI=1S/C21H19F2N3S/c22-19-7-3-16(4-8-19)21(17-5-9-20(23)10-6-17)18-2-1-12-25(14-18)27-26-13-11-24-15-26/h3-11,13,15H,1-2,12,14H2. The van der Waals surface area contributed by atoms with Crippen molar-refractivity contribution in [1.29, 1.82) is 0 Å². The van der Waals surface area contributed by atoms with Crippen molar-refractivity contribution in [3.8, 4) is 0 Å². The molecule has 0 atom stereocenters. The Labute approximate surface area is 161 Å². The summed E-state index contributed by atoms with van der Waals surface area (Å²) in [5, 5.41) is 0. The van der Waals surface area contributed by atoms with Gasteiger partial charge in [0, 0.05) is 37.6 Å². The molecule has 0 aliphatic carbocycles. The van der Waals surface area contributed by atoms with Crippen LogP contribution in [0.1, 0.15) is 24.0 Å². The maximum absolute atomic E-state index is 13.4. The molecule has 0 saturated carbocycles. The van der Waals surface area contributed by atoms with Crippen molar-refractivity contribution in [3.05, 3.63) is 95.6 Å². The van der Waals surface area contributed by atoms with Gasteiger partial charge in [0.2, 0.25) is 0 Å². The van der Waals surface area contributed by atoms with Crippen LogP contribution < -0.4 is 0 Å². The smallest absolute Gasteiger partial charge is 0.123 e. The lowest BCUT2D eigenvalue weighted by Crippen LogP contribution is -2.27. The molecule has 2 heterocycles.